The number of nitrogens with zero attached hydrogens (tertiary/aromatic N) is 1. The molecule has 1 aliphatic rings. The molecule has 0 saturated heterocycles. The van der Waals surface area contributed by atoms with Gasteiger partial charge in [0.15, 0.2) is 0 Å². The average molecular weight is 274 g/mol. The highest BCUT2D eigenvalue weighted by Gasteiger charge is 2.26. The van der Waals surface area contributed by atoms with Crippen molar-refractivity contribution in [1.82, 2.24) is 10.2 Å². The Kier molecular flexibility index (Phi) is 3.83. The molecular formula is C16H19FN2O. The van der Waals surface area contributed by atoms with Gasteiger partial charge in [-0.3, -0.25) is 5.10 Å². The molecule has 20 heavy (non-hydrogen) atoms. The van der Waals surface area contributed by atoms with Crippen LogP contribution in [0.15, 0.2) is 30.5 Å². The second-order valence-corrected chi connectivity index (χ2v) is 5.55. The number of aliphatic hydroxyl groups excluding tert-OH is 1. The zero-order valence-corrected chi connectivity index (χ0v) is 11.3. The molecule has 0 radical (unpaired) electrons. The number of nitrogens with one attached hydrogen (secondary N) is 1. The Morgan fingerprint density at radius 3 is 2.55 bits per heavy atom. The van der Waals surface area contributed by atoms with Crippen LogP contribution < -0.4 is 0 Å². The second kappa shape index (κ2) is 5.75. The maximum atomic E-state index is 13.0. The molecule has 1 unspecified atom stereocenters. The van der Waals surface area contributed by atoms with Crippen molar-refractivity contribution in [3.63, 3.8) is 0 Å². The number of rotatable bonds is 3. The number of H-pyrrole nitrogens is 1. The first-order chi connectivity index (χ1) is 9.75. The second-order valence-electron chi connectivity index (χ2n) is 5.55. The standard InChI is InChI=1S/C16H19FN2O/c17-13-8-6-11(7-9-13)15-14(10-18-19-15)16(20)12-4-2-1-3-5-12/h6-10,12,16,20H,1-5H2,(H,18,19). The number of halogens is 1. The molecule has 106 valence electrons. The third-order valence-electron chi connectivity index (χ3n) is 4.22. The minimum Gasteiger partial charge on any atom is -0.388 e. The minimum absolute atomic E-state index is 0.261. The number of aromatic amines is 1. The predicted molar refractivity (Wildman–Crippen MR) is 75.5 cm³/mol. The Labute approximate surface area is 117 Å². The van der Waals surface area contributed by atoms with E-state index in [0.717, 1.165) is 29.7 Å². The summed E-state index contributed by atoms with van der Waals surface area (Å²) < 4.78 is 13.0. The number of benzene rings is 1. The topological polar surface area (TPSA) is 48.9 Å². The molecule has 3 rings (SSSR count). The van der Waals surface area contributed by atoms with E-state index in [-0.39, 0.29) is 5.82 Å². The lowest BCUT2D eigenvalue weighted by Crippen LogP contribution is -2.16. The van der Waals surface area contributed by atoms with Crippen LogP contribution in [0.1, 0.15) is 43.8 Å². The molecule has 1 atom stereocenters. The van der Waals surface area contributed by atoms with Gasteiger partial charge in [0.05, 0.1) is 18.0 Å². The molecule has 2 N–H and O–H groups in total. The van der Waals surface area contributed by atoms with E-state index >= 15 is 0 Å². The summed E-state index contributed by atoms with van der Waals surface area (Å²) >= 11 is 0. The molecule has 2 aromatic rings. The number of hydrogen-bond donors (Lipinski definition) is 2. The molecule has 0 aliphatic heterocycles. The summed E-state index contributed by atoms with van der Waals surface area (Å²) in [7, 11) is 0. The van der Waals surface area contributed by atoms with Crippen LogP contribution in [-0.2, 0) is 0 Å². The average Bonchev–Trinajstić information content (AvgIpc) is 2.97. The van der Waals surface area contributed by atoms with Gasteiger partial charge in [-0.05, 0) is 43.0 Å². The molecule has 1 aromatic heterocycles. The van der Waals surface area contributed by atoms with Crippen LogP contribution in [0.3, 0.4) is 0 Å². The van der Waals surface area contributed by atoms with E-state index in [9.17, 15) is 9.50 Å². The van der Waals surface area contributed by atoms with Crippen LogP contribution in [0, 0.1) is 11.7 Å². The monoisotopic (exact) mass is 274 g/mol. The molecule has 0 amide bonds. The number of aliphatic hydroxyl groups is 1. The normalized spacial score (nSPS) is 18.1. The van der Waals surface area contributed by atoms with Crippen LogP contribution in [-0.4, -0.2) is 15.3 Å². The van der Waals surface area contributed by atoms with Crippen molar-refractivity contribution in [2.45, 2.75) is 38.2 Å². The zero-order valence-electron chi connectivity index (χ0n) is 11.3. The summed E-state index contributed by atoms with van der Waals surface area (Å²) in [6.07, 6.45) is 6.97. The van der Waals surface area contributed by atoms with Crippen molar-refractivity contribution in [3.8, 4) is 11.3 Å². The molecule has 1 saturated carbocycles. The summed E-state index contributed by atoms with van der Waals surface area (Å²) in [5.74, 6) is 0.0446. The largest absolute Gasteiger partial charge is 0.388 e. The third-order valence-corrected chi connectivity index (χ3v) is 4.22. The van der Waals surface area contributed by atoms with Gasteiger partial charge < -0.3 is 5.11 Å². The summed E-state index contributed by atoms with van der Waals surface area (Å²) in [4.78, 5) is 0. The van der Waals surface area contributed by atoms with E-state index < -0.39 is 6.10 Å². The predicted octanol–water partition coefficient (Wildman–Crippen LogP) is 3.83. The van der Waals surface area contributed by atoms with Gasteiger partial charge in [-0.15, -0.1) is 0 Å². The van der Waals surface area contributed by atoms with Crippen molar-refractivity contribution in [1.29, 1.82) is 0 Å². The van der Waals surface area contributed by atoms with E-state index in [4.69, 9.17) is 0 Å². The van der Waals surface area contributed by atoms with Crippen molar-refractivity contribution in [3.05, 3.63) is 41.8 Å². The molecule has 4 heteroatoms. The smallest absolute Gasteiger partial charge is 0.123 e. The summed E-state index contributed by atoms with van der Waals surface area (Å²) in [6, 6.07) is 6.26. The van der Waals surface area contributed by atoms with Crippen LogP contribution in [0.4, 0.5) is 4.39 Å². The fraction of sp³-hybridized carbons (Fsp3) is 0.438. The highest BCUT2D eigenvalue weighted by Crippen LogP contribution is 2.37. The van der Waals surface area contributed by atoms with Crippen LogP contribution in [0.25, 0.3) is 11.3 Å². The van der Waals surface area contributed by atoms with Crippen molar-refractivity contribution >= 4 is 0 Å². The van der Waals surface area contributed by atoms with Gasteiger partial charge in [-0.25, -0.2) is 4.39 Å². The third kappa shape index (κ3) is 2.61. The quantitative estimate of drug-likeness (QED) is 0.893. The van der Waals surface area contributed by atoms with E-state index in [1.807, 2.05) is 0 Å². The first kappa shape index (κ1) is 13.3. The zero-order chi connectivity index (χ0) is 13.9. The van der Waals surface area contributed by atoms with Crippen LogP contribution in [0.2, 0.25) is 0 Å². The Hall–Kier alpha value is -1.68. The van der Waals surface area contributed by atoms with Crippen molar-refractivity contribution in [2.24, 2.45) is 5.92 Å². The minimum atomic E-state index is -0.492. The van der Waals surface area contributed by atoms with Gasteiger partial charge in [0.1, 0.15) is 5.82 Å². The molecular weight excluding hydrogens is 255 g/mol. The fourth-order valence-electron chi connectivity index (χ4n) is 3.07. The maximum absolute atomic E-state index is 13.0. The highest BCUT2D eigenvalue weighted by atomic mass is 19.1. The fourth-order valence-corrected chi connectivity index (χ4v) is 3.07. The van der Waals surface area contributed by atoms with Gasteiger partial charge >= 0.3 is 0 Å². The highest BCUT2D eigenvalue weighted by molar-refractivity contribution is 5.63. The van der Waals surface area contributed by atoms with Gasteiger partial charge in [-0.2, -0.15) is 5.10 Å². The molecule has 0 bridgehead atoms. The lowest BCUT2D eigenvalue weighted by atomic mass is 9.82. The molecule has 1 aromatic carbocycles. The van der Waals surface area contributed by atoms with Crippen molar-refractivity contribution in [2.75, 3.05) is 0 Å². The molecule has 1 fully saturated rings. The lowest BCUT2D eigenvalue weighted by molar-refractivity contribution is 0.0853. The first-order valence-corrected chi connectivity index (χ1v) is 7.23. The summed E-state index contributed by atoms with van der Waals surface area (Å²) in [6.45, 7) is 0. The Morgan fingerprint density at radius 1 is 1.15 bits per heavy atom. The van der Waals surface area contributed by atoms with Gasteiger partial charge in [0, 0.05) is 11.1 Å². The molecule has 0 spiro atoms. The first-order valence-electron chi connectivity index (χ1n) is 7.23. The molecule has 1 heterocycles. The maximum Gasteiger partial charge on any atom is 0.123 e. The van der Waals surface area contributed by atoms with Gasteiger partial charge in [0.2, 0.25) is 0 Å². The van der Waals surface area contributed by atoms with E-state index in [2.05, 4.69) is 10.2 Å². The van der Waals surface area contributed by atoms with Gasteiger partial charge in [-0.1, -0.05) is 19.3 Å². The molecule has 3 nitrogen and oxygen atoms in total. The van der Waals surface area contributed by atoms with Gasteiger partial charge in [0.25, 0.3) is 0 Å². The summed E-state index contributed by atoms with van der Waals surface area (Å²) in [5.41, 5.74) is 2.47. The van der Waals surface area contributed by atoms with E-state index in [0.29, 0.717) is 5.92 Å². The van der Waals surface area contributed by atoms with Crippen LogP contribution >= 0.6 is 0 Å². The Morgan fingerprint density at radius 2 is 1.85 bits per heavy atom. The number of aromatic nitrogens is 2. The molecule has 1 aliphatic carbocycles. The Balaban J connectivity index is 1.87. The van der Waals surface area contributed by atoms with Crippen LogP contribution in [0.5, 0.6) is 0 Å². The van der Waals surface area contributed by atoms with Crippen molar-refractivity contribution < 1.29 is 9.50 Å². The lowest BCUT2D eigenvalue weighted by Gasteiger charge is -2.26. The van der Waals surface area contributed by atoms with E-state index in [1.165, 1.54) is 31.4 Å². The SMILES string of the molecule is OC(c1cn[nH]c1-c1ccc(F)cc1)C1CCCCC1. The van der Waals surface area contributed by atoms with E-state index in [1.54, 1.807) is 18.3 Å². The Bertz CT molecular complexity index is 558. The number of hydrogen-bond acceptors (Lipinski definition) is 2. The summed E-state index contributed by atoms with van der Waals surface area (Å²) in [5, 5.41) is 17.6.